The van der Waals surface area contributed by atoms with E-state index >= 15 is 0 Å². The Hall–Kier alpha value is -3.89. The number of aromatic amines is 1. The minimum atomic E-state index is -0.398. The van der Waals surface area contributed by atoms with Crippen molar-refractivity contribution in [1.29, 1.82) is 0 Å². The third-order valence-electron chi connectivity index (χ3n) is 5.78. The number of benzene rings is 2. The molecule has 0 aliphatic carbocycles. The van der Waals surface area contributed by atoms with E-state index in [0.29, 0.717) is 47.5 Å². The summed E-state index contributed by atoms with van der Waals surface area (Å²) >= 11 is 0. The Kier molecular flexibility index (Phi) is 5.45. The second kappa shape index (κ2) is 8.57. The Morgan fingerprint density at radius 2 is 2.00 bits per heavy atom. The monoisotopic (exact) mass is 448 g/mol. The van der Waals surface area contributed by atoms with Gasteiger partial charge in [-0.15, -0.1) is 5.10 Å². The molecule has 0 bridgehead atoms. The van der Waals surface area contributed by atoms with Crippen molar-refractivity contribution in [2.75, 3.05) is 26.2 Å². The van der Waals surface area contributed by atoms with Gasteiger partial charge in [0.1, 0.15) is 11.5 Å². The molecule has 0 spiro atoms. The van der Waals surface area contributed by atoms with Gasteiger partial charge in [0.05, 0.1) is 30.1 Å². The fraction of sp³-hybridized carbons (Fsp3) is 0.217. The minimum absolute atomic E-state index is 0.0981. The first-order valence-corrected chi connectivity index (χ1v) is 10.5. The molecule has 33 heavy (non-hydrogen) atoms. The Morgan fingerprint density at radius 1 is 1.18 bits per heavy atom. The molecule has 9 nitrogen and oxygen atoms in total. The van der Waals surface area contributed by atoms with Crippen molar-refractivity contribution in [2.45, 2.75) is 6.04 Å². The van der Waals surface area contributed by atoms with Crippen molar-refractivity contribution in [2.24, 2.45) is 0 Å². The van der Waals surface area contributed by atoms with Crippen LogP contribution >= 0.6 is 0 Å². The van der Waals surface area contributed by atoms with Crippen molar-refractivity contribution in [1.82, 2.24) is 30.2 Å². The number of rotatable bonds is 4. The van der Waals surface area contributed by atoms with Gasteiger partial charge in [0.2, 0.25) is 0 Å². The van der Waals surface area contributed by atoms with Crippen molar-refractivity contribution in [3.63, 3.8) is 0 Å². The lowest BCUT2D eigenvalue weighted by Gasteiger charge is -2.35. The summed E-state index contributed by atoms with van der Waals surface area (Å²) in [4.78, 5) is 29.8. The molecule has 1 aliphatic rings. The Labute approximate surface area is 187 Å². The zero-order chi connectivity index (χ0) is 22.9. The van der Waals surface area contributed by atoms with E-state index in [1.165, 1.54) is 22.9 Å². The molecule has 1 atom stereocenters. The van der Waals surface area contributed by atoms with Crippen LogP contribution in [0.3, 0.4) is 0 Å². The number of hydrogen-bond acceptors (Lipinski definition) is 6. The fourth-order valence-electron chi connectivity index (χ4n) is 4.00. The average Bonchev–Trinajstić information content (AvgIpc) is 3.33. The number of H-pyrrole nitrogens is 1. The van der Waals surface area contributed by atoms with Crippen LogP contribution in [-0.2, 0) is 0 Å². The van der Waals surface area contributed by atoms with Crippen molar-refractivity contribution in [3.8, 4) is 16.9 Å². The molecule has 168 valence electrons. The highest BCUT2D eigenvalue weighted by atomic mass is 19.1. The van der Waals surface area contributed by atoms with Crippen LogP contribution in [0.15, 0.2) is 59.5 Å². The number of aliphatic hydroxyl groups excluding tert-OH is 1. The van der Waals surface area contributed by atoms with Crippen LogP contribution in [0.5, 0.6) is 0 Å². The molecule has 1 fully saturated rings. The number of carbonyl (C=O) groups is 1. The minimum Gasteiger partial charge on any atom is -0.394 e. The number of halogens is 1. The van der Waals surface area contributed by atoms with E-state index in [1.54, 1.807) is 41.4 Å². The topological polar surface area (TPSA) is 116 Å². The average molecular weight is 448 g/mol. The van der Waals surface area contributed by atoms with Crippen molar-refractivity contribution >= 4 is 16.8 Å². The molecule has 1 saturated heterocycles. The molecule has 2 aromatic carbocycles. The highest BCUT2D eigenvalue weighted by Crippen LogP contribution is 2.20. The van der Waals surface area contributed by atoms with Gasteiger partial charge in [-0.05, 0) is 48.5 Å². The molecule has 2 aromatic heterocycles. The van der Waals surface area contributed by atoms with Gasteiger partial charge in [0.25, 0.3) is 11.5 Å². The number of fused-ring (bicyclic) bond motifs is 1. The summed E-state index contributed by atoms with van der Waals surface area (Å²) in [6, 6.07) is 12.3. The first-order chi connectivity index (χ1) is 16.0. The van der Waals surface area contributed by atoms with Gasteiger partial charge < -0.3 is 20.3 Å². The van der Waals surface area contributed by atoms with Crippen LogP contribution in [0.4, 0.5) is 4.39 Å². The van der Waals surface area contributed by atoms with E-state index in [9.17, 15) is 19.1 Å². The van der Waals surface area contributed by atoms with Gasteiger partial charge in [0, 0.05) is 36.1 Å². The molecule has 10 heteroatoms. The summed E-state index contributed by atoms with van der Waals surface area (Å²) in [5, 5.41) is 21.5. The first kappa shape index (κ1) is 21.0. The quantitative estimate of drug-likeness (QED) is 0.434. The molecule has 3 heterocycles. The predicted octanol–water partition coefficient (Wildman–Crippen LogP) is 1.32. The number of aliphatic hydroxyl groups is 1. The zero-order valence-corrected chi connectivity index (χ0v) is 17.5. The van der Waals surface area contributed by atoms with Gasteiger partial charge in [-0.3, -0.25) is 9.59 Å². The number of hydrogen-bond donors (Lipinski definition) is 3. The van der Waals surface area contributed by atoms with E-state index < -0.39 is 5.82 Å². The summed E-state index contributed by atoms with van der Waals surface area (Å²) < 4.78 is 15.1. The number of piperazine rings is 1. The van der Waals surface area contributed by atoms with Gasteiger partial charge in [0.15, 0.2) is 0 Å². The summed E-state index contributed by atoms with van der Waals surface area (Å²) in [5.41, 5.74) is 1.97. The molecule has 0 saturated carbocycles. The van der Waals surface area contributed by atoms with Crippen LogP contribution in [0.25, 0.3) is 27.8 Å². The number of nitrogens with zero attached hydrogens (tertiary/aromatic N) is 4. The highest BCUT2D eigenvalue weighted by molar-refractivity contribution is 5.94. The predicted molar refractivity (Wildman–Crippen MR) is 120 cm³/mol. The smallest absolute Gasteiger partial charge is 0.258 e. The van der Waals surface area contributed by atoms with E-state index in [1.807, 2.05) is 0 Å². The van der Waals surface area contributed by atoms with Crippen LogP contribution in [0.2, 0.25) is 0 Å². The lowest BCUT2D eigenvalue weighted by molar-refractivity contribution is 0.0536. The number of nitrogens with one attached hydrogen (secondary N) is 2. The van der Waals surface area contributed by atoms with Crippen LogP contribution in [-0.4, -0.2) is 68.2 Å². The maximum atomic E-state index is 13.6. The first-order valence-electron chi connectivity index (χ1n) is 10.5. The second-order valence-electron chi connectivity index (χ2n) is 7.88. The van der Waals surface area contributed by atoms with E-state index in [4.69, 9.17) is 0 Å². The Balaban J connectivity index is 1.40. The van der Waals surface area contributed by atoms with E-state index in [-0.39, 0.29) is 29.7 Å². The maximum Gasteiger partial charge on any atom is 0.258 e. The van der Waals surface area contributed by atoms with Gasteiger partial charge in [-0.25, -0.2) is 9.07 Å². The molecule has 4 aromatic rings. The standard InChI is InChI=1S/C23H21FN6O3/c24-16-3-6-20-15(9-16)10-19(22(32)26-20)21-12-30(28-27-21)17-4-1-14(2-5-17)23(33)29-8-7-25-11-18(29)13-31/h1-6,9-10,12,18,25,31H,7-8,11,13H2,(H,26,32)/t18-/m1/s1. The Morgan fingerprint density at radius 3 is 2.79 bits per heavy atom. The molecule has 0 radical (unpaired) electrons. The second-order valence-corrected chi connectivity index (χ2v) is 7.88. The van der Waals surface area contributed by atoms with Gasteiger partial charge in [-0.1, -0.05) is 5.21 Å². The Bertz CT molecular complexity index is 1380. The summed E-state index contributed by atoms with van der Waals surface area (Å²) in [5.74, 6) is -0.541. The molecule has 3 N–H and O–H groups in total. The lowest BCUT2D eigenvalue weighted by Crippen LogP contribution is -2.55. The molecular weight excluding hydrogens is 427 g/mol. The number of amides is 1. The third kappa shape index (κ3) is 4.01. The largest absolute Gasteiger partial charge is 0.394 e. The number of pyridine rings is 1. The number of aromatic nitrogens is 4. The van der Waals surface area contributed by atoms with Gasteiger partial charge >= 0.3 is 0 Å². The summed E-state index contributed by atoms with van der Waals surface area (Å²) in [6.07, 6.45) is 1.60. The summed E-state index contributed by atoms with van der Waals surface area (Å²) in [6.45, 7) is 1.67. The maximum absolute atomic E-state index is 13.6. The van der Waals surface area contributed by atoms with Crippen LogP contribution in [0, 0.1) is 5.82 Å². The van der Waals surface area contributed by atoms with E-state index in [2.05, 4.69) is 20.6 Å². The fourth-order valence-corrected chi connectivity index (χ4v) is 4.00. The zero-order valence-electron chi connectivity index (χ0n) is 17.5. The van der Waals surface area contributed by atoms with Crippen molar-refractivity contribution < 1.29 is 14.3 Å². The van der Waals surface area contributed by atoms with E-state index in [0.717, 1.165) is 0 Å². The molecular formula is C23H21FN6O3. The van der Waals surface area contributed by atoms with Crippen molar-refractivity contribution in [3.05, 3.63) is 76.5 Å². The lowest BCUT2D eigenvalue weighted by atomic mass is 10.1. The third-order valence-corrected chi connectivity index (χ3v) is 5.78. The molecule has 5 rings (SSSR count). The van der Waals surface area contributed by atoms with Gasteiger partial charge in [-0.2, -0.15) is 0 Å². The molecule has 1 aliphatic heterocycles. The molecule has 1 amide bonds. The number of carbonyl (C=O) groups excluding carboxylic acids is 1. The SMILES string of the molecule is O=C(c1ccc(-n2cc(-c3cc4cc(F)ccc4[nH]c3=O)nn2)cc1)N1CCNC[C@@H]1CO. The summed E-state index contributed by atoms with van der Waals surface area (Å²) in [7, 11) is 0. The van der Waals surface area contributed by atoms with Crippen LogP contribution in [0.1, 0.15) is 10.4 Å². The van der Waals surface area contributed by atoms with Crippen LogP contribution < -0.4 is 10.9 Å². The highest BCUT2D eigenvalue weighted by Gasteiger charge is 2.26. The normalized spacial score (nSPS) is 16.3. The molecule has 0 unspecified atom stereocenters.